The smallest absolute Gasteiger partial charge is 0.304 e. The van der Waals surface area contributed by atoms with Crippen LogP contribution in [0.3, 0.4) is 0 Å². The number of hydrogen-bond acceptors (Lipinski definition) is 5. The first-order valence-corrected chi connectivity index (χ1v) is 7.33. The van der Waals surface area contributed by atoms with E-state index in [1.165, 1.54) is 11.8 Å². The van der Waals surface area contributed by atoms with Crippen LogP contribution < -0.4 is 0 Å². The number of aromatic nitrogens is 4. The summed E-state index contributed by atoms with van der Waals surface area (Å²) in [7, 11) is 0. The van der Waals surface area contributed by atoms with E-state index in [4.69, 9.17) is 5.11 Å². The van der Waals surface area contributed by atoms with Crippen LogP contribution in [0.4, 0.5) is 0 Å². The van der Waals surface area contributed by atoms with E-state index in [0.29, 0.717) is 11.2 Å². The quantitative estimate of drug-likeness (QED) is 0.822. The molecule has 1 unspecified atom stereocenters. The predicted molar refractivity (Wildman–Crippen MR) is 73.4 cm³/mol. The summed E-state index contributed by atoms with van der Waals surface area (Å²) < 4.78 is 1.81. The maximum absolute atomic E-state index is 11.1. The van der Waals surface area contributed by atoms with Crippen LogP contribution in [-0.2, 0) is 4.79 Å². The van der Waals surface area contributed by atoms with Gasteiger partial charge in [0.25, 0.3) is 0 Å². The van der Waals surface area contributed by atoms with E-state index < -0.39 is 5.97 Å². The maximum atomic E-state index is 11.1. The van der Waals surface area contributed by atoms with Crippen LogP contribution in [0.1, 0.15) is 36.1 Å². The highest BCUT2D eigenvalue weighted by Gasteiger charge is 2.29. The Bertz CT molecular complexity index is 597. The van der Waals surface area contributed by atoms with Crippen LogP contribution in [0.2, 0.25) is 0 Å². The molecule has 1 aliphatic carbocycles. The number of tetrazole rings is 1. The van der Waals surface area contributed by atoms with E-state index in [1.807, 2.05) is 35.0 Å². The molecule has 1 N–H and O–H groups in total. The molecule has 1 heterocycles. The molecule has 0 bridgehead atoms. The van der Waals surface area contributed by atoms with Crippen LogP contribution in [0, 0.1) is 0 Å². The molecule has 1 aromatic carbocycles. The molecule has 0 spiro atoms. The minimum Gasteiger partial charge on any atom is -0.481 e. The molecule has 1 atom stereocenters. The van der Waals surface area contributed by atoms with Crippen molar-refractivity contribution in [1.29, 1.82) is 0 Å². The summed E-state index contributed by atoms with van der Waals surface area (Å²) in [5.41, 5.74) is 0.977. The van der Waals surface area contributed by atoms with Crippen molar-refractivity contribution < 1.29 is 9.90 Å². The molecule has 1 aliphatic rings. The number of hydrogen-bond donors (Lipinski definition) is 1. The molecule has 6 nitrogen and oxygen atoms in total. The van der Waals surface area contributed by atoms with E-state index in [2.05, 4.69) is 15.5 Å². The van der Waals surface area contributed by atoms with Crippen molar-refractivity contribution in [2.75, 3.05) is 0 Å². The second kappa shape index (κ2) is 5.62. The predicted octanol–water partition coefficient (Wildman–Crippen LogP) is 2.32. The highest BCUT2D eigenvalue weighted by atomic mass is 32.2. The van der Waals surface area contributed by atoms with E-state index in [0.717, 1.165) is 18.4 Å². The fourth-order valence-corrected chi connectivity index (χ4v) is 3.14. The Kier molecular flexibility index (Phi) is 3.68. The van der Waals surface area contributed by atoms with Gasteiger partial charge in [-0.25, -0.2) is 4.68 Å². The molecule has 2 aromatic rings. The summed E-state index contributed by atoms with van der Waals surface area (Å²) in [5.74, 6) is -0.822. The number of carbonyl (C=O) groups is 1. The van der Waals surface area contributed by atoms with Crippen LogP contribution in [-0.4, -0.2) is 31.3 Å². The molecule has 104 valence electrons. The van der Waals surface area contributed by atoms with Crippen molar-refractivity contribution in [3.8, 4) is 0 Å². The number of aliphatic carboxylic acids is 1. The Morgan fingerprint density at radius 2 is 2.15 bits per heavy atom. The number of carboxylic acid groups (broad SMARTS) is 1. The van der Waals surface area contributed by atoms with Gasteiger partial charge in [-0.15, -0.1) is 5.10 Å². The van der Waals surface area contributed by atoms with Crippen LogP contribution in [0.5, 0.6) is 0 Å². The Morgan fingerprint density at radius 3 is 2.80 bits per heavy atom. The van der Waals surface area contributed by atoms with Crippen LogP contribution in [0.25, 0.3) is 0 Å². The minimum absolute atomic E-state index is 0.0478. The van der Waals surface area contributed by atoms with Crippen LogP contribution in [0.15, 0.2) is 35.5 Å². The number of benzene rings is 1. The van der Waals surface area contributed by atoms with Crippen molar-refractivity contribution in [3.05, 3.63) is 35.9 Å². The van der Waals surface area contributed by atoms with E-state index in [9.17, 15) is 4.79 Å². The summed E-state index contributed by atoms with van der Waals surface area (Å²) in [5, 5.41) is 21.3. The molecular formula is C13H14N4O2S. The molecule has 7 heteroatoms. The number of rotatable bonds is 6. The van der Waals surface area contributed by atoms with Gasteiger partial charge in [0.15, 0.2) is 0 Å². The van der Waals surface area contributed by atoms with Crippen molar-refractivity contribution in [2.45, 2.75) is 35.7 Å². The lowest BCUT2D eigenvalue weighted by Crippen LogP contribution is -2.06. The third-order valence-corrected chi connectivity index (χ3v) is 4.34. The standard InChI is InChI=1S/C13H14N4O2S/c18-12(19)8-11(9-4-2-1-3-5-9)20-13-14-15-16-17(13)10-6-7-10/h1-5,10-11H,6-8H2,(H,18,19). The molecule has 0 aliphatic heterocycles. The molecule has 1 saturated carbocycles. The van der Waals surface area contributed by atoms with E-state index in [-0.39, 0.29) is 11.7 Å². The SMILES string of the molecule is O=C(O)CC(Sc1nnnn1C1CC1)c1ccccc1. The Hall–Kier alpha value is -1.89. The first-order valence-electron chi connectivity index (χ1n) is 6.45. The van der Waals surface area contributed by atoms with Gasteiger partial charge in [0, 0.05) is 5.25 Å². The monoisotopic (exact) mass is 290 g/mol. The van der Waals surface area contributed by atoms with E-state index >= 15 is 0 Å². The first-order chi connectivity index (χ1) is 9.74. The van der Waals surface area contributed by atoms with Crippen molar-refractivity contribution in [1.82, 2.24) is 20.2 Å². The topological polar surface area (TPSA) is 80.9 Å². The fraction of sp³-hybridized carbons (Fsp3) is 0.385. The number of nitrogens with zero attached hydrogens (tertiary/aromatic N) is 4. The van der Waals surface area contributed by atoms with Gasteiger partial charge in [-0.05, 0) is 28.8 Å². The second-order valence-electron chi connectivity index (χ2n) is 4.75. The molecular weight excluding hydrogens is 276 g/mol. The zero-order valence-corrected chi connectivity index (χ0v) is 11.5. The van der Waals surface area contributed by atoms with Crippen molar-refractivity contribution in [3.63, 3.8) is 0 Å². The van der Waals surface area contributed by atoms with Gasteiger partial charge >= 0.3 is 5.97 Å². The number of thioether (sulfide) groups is 1. The normalized spacial score (nSPS) is 16.0. The van der Waals surface area contributed by atoms with Gasteiger partial charge < -0.3 is 5.11 Å². The highest BCUT2D eigenvalue weighted by molar-refractivity contribution is 7.99. The van der Waals surface area contributed by atoms with E-state index in [1.54, 1.807) is 0 Å². The van der Waals surface area contributed by atoms with Gasteiger partial charge in [0.2, 0.25) is 5.16 Å². The maximum Gasteiger partial charge on any atom is 0.304 e. The molecule has 0 amide bonds. The largest absolute Gasteiger partial charge is 0.481 e. The third kappa shape index (κ3) is 2.98. The van der Waals surface area contributed by atoms with Gasteiger partial charge in [-0.3, -0.25) is 4.79 Å². The zero-order chi connectivity index (χ0) is 13.9. The minimum atomic E-state index is -0.822. The molecule has 1 fully saturated rings. The zero-order valence-electron chi connectivity index (χ0n) is 10.7. The average Bonchev–Trinajstić information content (AvgIpc) is 3.19. The summed E-state index contributed by atoms with van der Waals surface area (Å²) in [4.78, 5) is 11.1. The number of carboxylic acids is 1. The second-order valence-corrected chi connectivity index (χ2v) is 5.92. The molecule has 0 radical (unpaired) electrons. The van der Waals surface area contributed by atoms with Gasteiger partial charge in [-0.2, -0.15) is 0 Å². The highest BCUT2D eigenvalue weighted by Crippen LogP contribution is 2.41. The van der Waals surface area contributed by atoms with Gasteiger partial charge in [0.1, 0.15) is 0 Å². The Labute approximate surface area is 120 Å². The van der Waals surface area contributed by atoms with Gasteiger partial charge in [-0.1, -0.05) is 42.1 Å². The Balaban J connectivity index is 1.82. The van der Waals surface area contributed by atoms with Gasteiger partial charge in [0.05, 0.1) is 12.5 Å². The summed E-state index contributed by atoms with van der Waals surface area (Å²) in [6.07, 6.45) is 2.23. The third-order valence-electron chi connectivity index (χ3n) is 3.13. The van der Waals surface area contributed by atoms with Crippen LogP contribution >= 0.6 is 11.8 Å². The fourth-order valence-electron chi connectivity index (χ4n) is 1.99. The lowest BCUT2D eigenvalue weighted by Gasteiger charge is -2.14. The average molecular weight is 290 g/mol. The van der Waals surface area contributed by atoms with Crippen molar-refractivity contribution >= 4 is 17.7 Å². The summed E-state index contributed by atoms with van der Waals surface area (Å²) in [6, 6.07) is 10.00. The molecule has 20 heavy (non-hydrogen) atoms. The summed E-state index contributed by atoms with van der Waals surface area (Å²) in [6.45, 7) is 0. The summed E-state index contributed by atoms with van der Waals surface area (Å²) >= 11 is 1.42. The first kappa shape index (κ1) is 13.1. The molecule has 0 saturated heterocycles. The Morgan fingerprint density at radius 1 is 1.40 bits per heavy atom. The molecule has 1 aromatic heterocycles. The lowest BCUT2D eigenvalue weighted by molar-refractivity contribution is -0.137. The lowest BCUT2D eigenvalue weighted by atomic mass is 10.1. The van der Waals surface area contributed by atoms with Crippen molar-refractivity contribution in [2.24, 2.45) is 0 Å². The molecule has 3 rings (SSSR count).